The van der Waals surface area contributed by atoms with Gasteiger partial charge in [-0.25, -0.2) is 0 Å². The molecule has 40 heavy (non-hydrogen) atoms. The Bertz CT molecular complexity index is 1210. The molecule has 2 unspecified atom stereocenters. The minimum absolute atomic E-state index is 0.0585. The van der Waals surface area contributed by atoms with E-state index in [2.05, 4.69) is 49.4 Å². The molecule has 0 spiro atoms. The fourth-order valence-electron chi connectivity index (χ4n) is 4.52. The van der Waals surface area contributed by atoms with Gasteiger partial charge in [0.25, 0.3) is 0 Å². The average Bonchev–Trinajstić information content (AvgIpc) is 2.94. The number of allylic oxidation sites excluding steroid dienone is 2. The monoisotopic (exact) mass is 578 g/mol. The van der Waals surface area contributed by atoms with Crippen molar-refractivity contribution in [1.29, 1.82) is 0 Å². The van der Waals surface area contributed by atoms with Crippen LogP contribution in [0.15, 0.2) is 91.0 Å². The van der Waals surface area contributed by atoms with Crippen LogP contribution in [-0.2, 0) is 10.8 Å². The van der Waals surface area contributed by atoms with E-state index in [4.69, 9.17) is 4.74 Å². The van der Waals surface area contributed by atoms with Gasteiger partial charge in [-0.1, -0.05) is 78.9 Å². The molecule has 0 bridgehead atoms. The Morgan fingerprint density at radius 1 is 0.775 bits per heavy atom. The molecule has 2 nitrogen and oxygen atoms in total. The van der Waals surface area contributed by atoms with E-state index < -0.39 is 35.7 Å². The van der Waals surface area contributed by atoms with Crippen LogP contribution in [0.1, 0.15) is 61.6 Å². The van der Waals surface area contributed by atoms with E-state index in [1.165, 1.54) is 16.7 Å². The summed E-state index contributed by atoms with van der Waals surface area (Å²) >= 11 is 0. The highest BCUT2D eigenvalue weighted by molar-refractivity contribution is 7.84. The van der Waals surface area contributed by atoms with Gasteiger partial charge in [0.2, 0.25) is 0 Å². The van der Waals surface area contributed by atoms with Crippen molar-refractivity contribution >= 4 is 16.4 Å². The first-order valence-electron chi connectivity index (χ1n) is 13.4. The molecule has 0 aromatic heterocycles. The second kappa shape index (κ2) is 15.1. The smallest absolute Gasteiger partial charge is 0.453 e. The van der Waals surface area contributed by atoms with Gasteiger partial charge in [0, 0.05) is 34.6 Å². The number of unbranched alkanes of at least 4 members (excludes halogenated alkanes) is 2. The van der Waals surface area contributed by atoms with Crippen LogP contribution in [0.25, 0.3) is 5.57 Å². The Labute approximate surface area is 235 Å². The van der Waals surface area contributed by atoms with Crippen LogP contribution in [0.2, 0.25) is 0 Å². The summed E-state index contributed by atoms with van der Waals surface area (Å²) < 4.78 is 80.3. The largest absolute Gasteiger partial charge is 0.494 e. The van der Waals surface area contributed by atoms with Crippen molar-refractivity contribution in [1.82, 2.24) is 0 Å². The second-order valence-electron chi connectivity index (χ2n) is 9.59. The molecule has 0 saturated heterocycles. The number of rotatable bonds is 15. The molecule has 3 aromatic carbocycles. The summed E-state index contributed by atoms with van der Waals surface area (Å²) in [6, 6.07) is 28.7. The van der Waals surface area contributed by atoms with Crippen LogP contribution in [0.5, 0.6) is 5.75 Å². The number of halogens is 5. The number of hydrogen-bond donors (Lipinski definition) is 0. The highest BCUT2D eigenvalue weighted by atomic mass is 32.2. The van der Waals surface area contributed by atoms with Crippen molar-refractivity contribution in [2.75, 3.05) is 18.1 Å². The maximum Gasteiger partial charge on any atom is 0.453 e. The third kappa shape index (κ3) is 9.29. The number of alkyl halides is 5. The molecule has 0 N–H and O–H groups in total. The van der Waals surface area contributed by atoms with Crippen LogP contribution < -0.4 is 4.74 Å². The molecular formula is C32H35F5O2S. The molecule has 3 aromatic rings. The van der Waals surface area contributed by atoms with Gasteiger partial charge in [-0.15, -0.1) is 0 Å². The molecule has 0 saturated carbocycles. The van der Waals surface area contributed by atoms with Gasteiger partial charge in [-0.3, -0.25) is 4.21 Å². The number of benzene rings is 3. The van der Waals surface area contributed by atoms with Gasteiger partial charge in [-0.05, 0) is 67.0 Å². The quantitative estimate of drug-likeness (QED) is 0.133. The van der Waals surface area contributed by atoms with Crippen LogP contribution in [0.4, 0.5) is 22.0 Å². The molecule has 216 valence electrons. The molecule has 0 amide bonds. The maximum absolute atomic E-state index is 12.9. The molecule has 0 aliphatic heterocycles. The van der Waals surface area contributed by atoms with E-state index in [1.807, 2.05) is 48.5 Å². The molecule has 8 heteroatoms. The standard InChI is InChI=1S/C32H35F5O2S/c1-2-29(25-13-6-3-7-14-25)30(26-15-8-4-9-16-26)27-17-19-28(20-18-27)39-22-10-5-11-23-40(38)24-12-21-31(33,34)32(35,36)37/h2-4,6-9,13-20,30H,5,10-12,21-24H2,1H3. The average molecular weight is 579 g/mol. The topological polar surface area (TPSA) is 26.3 Å². The van der Waals surface area contributed by atoms with Gasteiger partial charge in [0.15, 0.2) is 0 Å². The highest BCUT2D eigenvalue weighted by Gasteiger charge is 2.56. The molecule has 0 aliphatic rings. The number of ether oxygens (including phenoxy) is 1. The van der Waals surface area contributed by atoms with E-state index in [9.17, 15) is 26.2 Å². The lowest BCUT2D eigenvalue weighted by molar-refractivity contribution is -0.284. The summed E-state index contributed by atoms with van der Waals surface area (Å²) in [5.74, 6) is -3.80. The van der Waals surface area contributed by atoms with E-state index in [0.717, 1.165) is 17.7 Å². The third-order valence-corrected chi connectivity index (χ3v) is 8.13. The van der Waals surface area contributed by atoms with Gasteiger partial charge in [0.05, 0.1) is 6.61 Å². The van der Waals surface area contributed by atoms with Crippen molar-refractivity contribution in [3.05, 3.63) is 108 Å². The Balaban J connectivity index is 1.47. The van der Waals surface area contributed by atoms with Crippen LogP contribution in [0, 0.1) is 0 Å². The van der Waals surface area contributed by atoms with E-state index in [-0.39, 0.29) is 17.4 Å². The zero-order chi connectivity index (χ0) is 29.0. The lowest BCUT2D eigenvalue weighted by Crippen LogP contribution is -2.36. The fraction of sp³-hybridized carbons (Fsp3) is 0.375. The summed E-state index contributed by atoms with van der Waals surface area (Å²) in [6.07, 6.45) is -3.13. The summed E-state index contributed by atoms with van der Waals surface area (Å²) in [5.41, 5.74) is 4.72. The summed E-state index contributed by atoms with van der Waals surface area (Å²) in [5, 5.41) is 0. The maximum atomic E-state index is 12.9. The minimum atomic E-state index is -5.56. The Kier molecular flexibility index (Phi) is 11.9. The van der Waals surface area contributed by atoms with E-state index in [1.54, 1.807) is 0 Å². The lowest BCUT2D eigenvalue weighted by Gasteiger charge is -2.22. The predicted octanol–water partition coefficient (Wildman–Crippen LogP) is 9.20. The molecule has 0 radical (unpaired) electrons. The predicted molar refractivity (Wildman–Crippen MR) is 152 cm³/mol. The minimum Gasteiger partial charge on any atom is -0.494 e. The Hall–Kier alpha value is -3.00. The number of hydrogen-bond acceptors (Lipinski definition) is 2. The lowest BCUT2D eigenvalue weighted by atomic mass is 9.81. The summed E-state index contributed by atoms with van der Waals surface area (Å²) in [6.45, 7) is 2.52. The molecule has 2 atom stereocenters. The van der Waals surface area contributed by atoms with E-state index >= 15 is 0 Å². The Morgan fingerprint density at radius 3 is 1.95 bits per heavy atom. The van der Waals surface area contributed by atoms with Crippen molar-refractivity contribution in [2.24, 2.45) is 0 Å². The first-order valence-corrected chi connectivity index (χ1v) is 14.9. The third-order valence-electron chi connectivity index (χ3n) is 6.64. The molecular weight excluding hydrogens is 543 g/mol. The second-order valence-corrected chi connectivity index (χ2v) is 11.3. The zero-order valence-electron chi connectivity index (χ0n) is 22.5. The molecule has 3 rings (SSSR count). The summed E-state index contributed by atoms with van der Waals surface area (Å²) in [4.78, 5) is 0. The fourth-order valence-corrected chi connectivity index (χ4v) is 5.71. The normalized spacial score (nSPS) is 14.1. The Morgan fingerprint density at radius 2 is 1.35 bits per heavy atom. The van der Waals surface area contributed by atoms with Crippen molar-refractivity contribution in [3.63, 3.8) is 0 Å². The van der Waals surface area contributed by atoms with Gasteiger partial charge >= 0.3 is 12.1 Å². The molecule has 0 fully saturated rings. The SMILES string of the molecule is CC=C(c1ccccc1)C(c1ccccc1)c1ccc(OCCCCCS(=O)CCCC(F)(F)C(F)(F)F)cc1. The highest BCUT2D eigenvalue weighted by Crippen LogP contribution is 2.39. The van der Waals surface area contributed by atoms with Crippen molar-refractivity contribution < 1.29 is 30.9 Å². The van der Waals surface area contributed by atoms with Gasteiger partial charge in [-0.2, -0.15) is 22.0 Å². The van der Waals surface area contributed by atoms with Crippen LogP contribution in [0.3, 0.4) is 0 Å². The zero-order valence-corrected chi connectivity index (χ0v) is 23.3. The first kappa shape index (κ1) is 31.5. The van der Waals surface area contributed by atoms with Crippen molar-refractivity contribution in [3.8, 4) is 5.75 Å². The molecule has 0 heterocycles. The van der Waals surface area contributed by atoms with E-state index in [0.29, 0.717) is 19.4 Å². The first-order chi connectivity index (χ1) is 19.1. The van der Waals surface area contributed by atoms with Gasteiger partial charge in [0.1, 0.15) is 5.75 Å². The van der Waals surface area contributed by atoms with Crippen LogP contribution >= 0.6 is 0 Å². The van der Waals surface area contributed by atoms with Gasteiger partial charge < -0.3 is 4.74 Å². The molecule has 0 aliphatic carbocycles. The summed E-state index contributed by atoms with van der Waals surface area (Å²) in [7, 11) is -1.41. The van der Waals surface area contributed by atoms with Crippen molar-refractivity contribution in [2.45, 2.75) is 57.0 Å². The van der Waals surface area contributed by atoms with Crippen LogP contribution in [-0.4, -0.2) is 34.4 Å².